The highest BCUT2D eigenvalue weighted by molar-refractivity contribution is 8.00. The Morgan fingerprint density at radius 2 is 1.57 bits per heavy atom. The fourth-order valence-electron chi connectivity index (χ4n) is 2.42. The average Bonchev–Trinajstić information content (AvgIpc) is 2.58. The number of benzene rings is 1. The number of nitrogens with zero attached hydrogens (tertiary/aromatic N) is 1. The molecule has 172 valence electrons. The fraction of sp³-hybridized carbons (Fsp3) is 0.588. The van der Waals surface area contributed by atoms with Gasteiger partial charge in [-0.25, -0.2) is 8.42 Å². The maximum atomic E-state index is 13.0. The van der Waals surface area contributed by atoms with Crippen LogP contribution in [0.1, 0.15) is 42.9 Å². The van der Waals surface area contributed by atoms with Gasteiger partial charge in [0.25, 0.3) is 0 Å². The van der Waals surface area contributed by atoms with Gasteiger partial charge in [0, 0.05) is 0 Å². The highest BCUT2D eigenvalue weighted by Crippen LogP contribution is 2.36. The van der Waals surface area contributed by atoms with Crippen LogP contribution >= 0.6 is 11.8 Å². The van der Waals surface area contributed by atoms with Gasteiger partial charge in [-0.05, 0) is 35.9 Å². The lowest BCUT2D eigenvalue weighted by Gasteiger charge is -2.21. The number of halogens is 6. The number of alkyl halides is 6. The smallest absolute Gasteiger partial charge is 0.369 e. The van der Waals surface area contributed by atoms with Gasteiger partial charge in [-0.2, -0.15) is 30.6 Å². The largest absolute Gasteiger partial charge is 0.416 e. The highest BCUT2D eigenvalue weighted by atomic mass is 32.2. The zero-order chi connectivity index (χ0) is 23.2. The van der Waals surface area contributed by atoms with Crippen molar-refractivity contribution in [3.8, 4) is 0 Å². The molecular formula is C17H22F6N2O3S2. The number of rotatable bonds is 11. The first-order valence-electron chi connectivity index (χ1n) is 8.79. The van der Waals surface area contributed by atoms with E-state index in [1.165, 1.54) is 11.8 Å². The summed E-state index contributed by atoms with van der Waals surface area (Å²) in [5.74, 6) is -1.75. The van der Waals surface area contributed by atoms with E-state index in [1.807, 2.05) is 6.92 Å². The summed E-state index contributed by atoms with van der Waals surface area (Å²) in [7, 11) is -4.41. The van der Waals surface area contributed by atoms with Crippen LogP contribution in [0, 0.1) is 0 Å². The first-order chi connectivity index (χ1) is 13.7. The molecule has 0 unspecified atom stereocenters. The summed E-state index contributed by atoms with van der Waals surface area (Å²) in [6, 6.07) is 0.619. The summed E-state index contributed by atoms with van der Waals surface area (Å²) in [5, 5.41) is 0. The molecule has 0 aliphatic rings. The number of unbranched alkanes of at least 4 members (excludes halogenated alkanes) is 2. The Balaban J connectivity index is 3.16. The molecule has 2 N–H and O–H groups in total. The maximum Gasteiger partial charge on any atom is 0.416 e. The maximum absolute atomic E-state index is 13.0. The van der Waals surface area contributed by atoms with Gasteiger partial charge in [0.05, 0.1) is 29.3 Å². The highest BCUT2D eigenvalue weighted by Gasteiger charge is 2.37. The zero-order valence-corrected chi connectivity index (χ0v) is 17.6. The van der Waals surface area contributed by atoms with Crippen molar-refractivity contribution >= 4 is 27.7 Å². The van der Waals surface area contributed by atoms with Crippen LogP contribution in [0.25, 0.3) is 0 Å². The molecule has 0 atom stereocenters. The first-order valence-corrected chi connectivity index (χ1v) is 11.6. The molecule has 1 amide bonds. The van der Waals surface area contributed by atoms with Crippen LogP contribution in [-0.4, -0.2) is 36.8 Å². The lowest BCUT2D eigenvalue weighted by molar-refractivity contribution is -0.143. The molecule has 0 aliphatic carbocycles. The Morgan fingerprint density at radius 3 is 2.00 bits per heavy atom. The fourth-order valence-corrected chi connectivity index (χ4v) is 5.22. The van der Waals surface area contributed by atoms with E-state index in [1.54, 1.807) is 0 Å². The predicted octanol–water partition coefficient (Wildman–Crippen LogP) is 4.22. The molecule has 0 saturated heterocycles. The summed E-state index contributed by atoms with van der Waals surface area (Å²) in [6.07, 6.45) is -7.57. The van der Waals surface area contributed by atoms with Crippen molar-refractivity contribution in [3.05, 3.63) is 34.9 Å². The van der Waals surface area contributed by atoms with Gasteiger partial charge >= 0.3 is 12.4 Å². The van der Waals surface area contributed by atoms with Crippen molar-refractivity contribution < 1.29 is 39.6 Å². The summed E-state index contributed by atoms with van der Waals surface area (Å²) < 4.78 is 104. The number of thioether (sulfide) groups is 1. The third-order valence-electron chi connectivity index (χ3n) is 3.85. The second kappa shape index (κ2) is 10.7. The molecule has 0 radical (unpaired) electrons. The standard InChI is InChI=1S/C17H22F6N2O3S2/c1-2-3-4-5-29-11-25(9-15(24)26)30(27,28)10-12-6-13(16(18,19)20)8-14(7-12)17(21,22)23/h6-8H,2-5,9-11H2,1H3,(H2,24,26). The quantitative estimate of drug-likeness (QED) is 0.292. The Hall–Kier alpha value is -1.47. The Kier molecular flexibility index (Phi) is 9.49. The van der Waals surface area contributed by atoms with Crippen molar-refractivity contribution in [1.82, 2.24) is 4.31 Å². The number of hydrogen-bond acceptors (Lipinski definition) is 4. The number of nitrogens with two attached hydrogens (primary N) is 1. The normalized spacial score (nSPS) is 13.1. The van der Waals surface area contributed by atoms with E-state index < -0.39 is 57.3 Å². The van der Waals surface area contributed by atoms with Gasteiger partial charge in [-0.3, -0.25) is 4.79 Å². The van der Waals surface area contributed by atoms with Crippen LogP contribution in [0.15, 0.2) is 18.2 Å². The van der Waals surface area contributed by atoms with E-state index in [0.29, 0.717) is 22.2 Å². The monoisotopic (exact) mass is 480 g/mol. The molecule has 0 spiro atoms. The minimum atomic E-state index is -5.10. The molecule has 0 heterocycles. The van der Waals surface area contributed by atoms with E-state index in [-0.39, 0.29) is 11.9 Å². The molecule has 0 fully saturated rings. The average molecular weight is 480 g/mol. The van der Waals surface area contributed by atoms with Crippen LogP contribution < -0.4 is 5.73 Å². The van der Waals surface area contributed by atoms with Crippen LogP contribution in [-0.2, 0) is 32.9 Å². The second-order valence-corrected chi connectivity index (χ2v) is 9.53. The van der Waals surface area contributed by atoms with E-state index in [9.17, 15) is 39.6 Å². The Bertz CT molecular complexity index is 794. The predicted molar refractivity (Wildman–Crippen MR) is 102 cm³/mol. The molecule has 0 aliphatic heterocycles. The summed E-state index contributed by atoms with van der Waals surface area (Å²) in [4.78, 5) is 11.2. The van der Waals surface area contributed by atoms with E-state index in [0.717, 1.165) is 19.3 Å². The van der Waals surface area contributed by atoms with Crippen molar-refractivity contribution in [3.63, 3.8) is 0 Å². The van der Waals surface area contributed by atoms with Crippen molar-refractivity contribution in [2.45, 2.75) is 44.3 Å². The number of sulfonamides is 1. The minimum absolute atomic E-state index is 0.0825. The molecule has 0 saturated carbocycles. The summed E-state index contributed by atoms with van der Waals surface area (Å²) in [5.41, 5.74) is 1.13. The van der Waals surface area contributed by atoms with Gasteiger partial charge in [0.2, 0.25) is 15.9 Å². The Morgan fingerprint density at radius 1 is 1.03 bits per heavy atom. The molecule has 1 rings (SSSR count). The number of carbonyl (C=O) groups excluding carboxylic acids is 1. The topological polar surface area (TPSA) is 80.5 Å². The van der Waals surface area contributed by atoms with E-state index in [4.69, 9.17) is 5.73 Å². The van der Waals surface area contributed by atoms with Crippen LogP contribution in [0.4, 0.5) is 26.3 Å². The second-order valence-electron chi connectivity index (χ2n) is 6.49. The van der Waals surface area contributed by atoms with E-state index >= 15 is 0 Å². The molecule has 5 nitrogen and oxygen atoms in total. The van der Waals surface area contributed by atoms with E-state index in [2.05, 4.69) is 0 Å². The van der Waals surface area contributed by atoms with Gasteiger partial charge < -0.3 is 5.73 Å². The number of hydrogen-bond donors (Lipinski definition) is 1. The molecule has 1 aromatic rings. The zero-order valence-electron chi connectivity index (χ0n) is 16.0. The van der Waals surface area contributed by atoms with Crippen LogP contribution in [0.5, 0.6) is 0 Å². The number of amides is 1. The molecule has 13 heteroatoms. The van der Waals surface area contributed by atoms with Gasteiger partial charge in [-0.1, -0.05) is 19.8 Å². The number of primary amides is 1. The first kappa shape index (κ1) is 26.6. The molecular weight excluding hydrogens is 458 g/mol. The van der Waals surface area contributed by atoms with Crippen molar-refractivity contribution in [2.75, 3.05) is 18.2 Å². The van der Waals surface area contributed by atoms with Gasteiger partial charge in [0.1, 0.15) is 0 Å². The lowest BCUT2D eigenvalue weighted by atomic mass is 10.1. The SMILES string of the molecule is CCCCCSCN(CC(N)=O)S(=O)(=O)Cc1cc(C(F)(F)F)cc(C(F)(F)F)c1. The molecule has 1 aromatic carbocycles. The molecule has 30 heavy (non-hydrogen) atoms. The number of carbonyl (C=O) groups is 1. The van der Waals surface area contributed by atoms with Crippen molar-refractivity contribution in [1.29, 1.82) is 0 Å². The third-order valence-corrected chi connectivity index (χ3v) is 6.83. The third kappa shape index (κ3) is 8.72. The Labute approximate surface area is 175 Å². The lowest BCUT2D eigenvalue weighted by Crippen LogP contribution is -2.39. The summed E-state index contributed by atoms with van der Waals surface area (Å²) >= 11 is 1.17. The van der Waals surface area contributed by atoms with Gasteiger partial charge in [0.15, 0.2) is 0 Å². The molecule has 0 aromatic heterocycles. The minimum Gasteiger partial charge on any atom is -0.369 e. The van der Waals surface area contributed by atoms with Gasteiger partial charge in [-0.15, -0.1) is 11.8 Å². The van der Waals surface area contributed by atoms with Crippen LogP contribution in [0.2, 0.25) is 0 Å². The summed E-state index contributed by atoms with van der Waals surface area (Å²) in [6.45, 7) is 1.24. The van der Waals surface area contributed by atoms with Crippen LogP contribution in [0.3, 0.4) is 0 Å². The van der Waals surface area contributed by atoms with Crippen molar-refractivity contribution in [2.24, 2.45) is 5.73 Å². The molecule has 0 bridgehead atoms.